The van der Waals surface area contributed by atoms with Crippen molar-refractivity contribution in [3.8, 4) is 21.7 Å². The van der Waals surface area contributed by atoms with Gasteiger partial charge in [-0.25, -0.2) is 9.50 Å². The van der Waals surface area contributed by atoms with Crippen LogP contribution in [-0.4, -0.2) is 45.8 Å². The standard InChI is InChI=1S/C26H28N6S/c1-16(2)23-24(19-12-17(3)26-28-15-29-32(26)14-19)30-21-13-22(33-25(21)23)18-4-6-20(7-5-18)31-10-8-27-9-11-31/h4-7,12-16,27,30H,8-11H2,1-3H3. The maximum Gasteiger partial charge on any atom is 0.158 e. The van der Waals surface area contributed by atoms with E-state index in [2.05, 4.69) is 88.6 Å². The van der Waals surface area contributed by atoms with Gasteiger partial charge in [0.05, 0.1) is 15.9 Å². The Morgan fingerprint density at radius 1 is 1.03 bits per heavy atom. The zero-order chi connectivity index (χ0) is 22.5. The fourth-order valence-electron chi connectivity index (χ4n) is 4.91. The number of benzene rings is 1. The van der Waals surface area contributed by atoms with Gasteiger partial charge < -0.3 is 15.2 Å². The fourth-order valence-corrected chi connectivity index (χ4v) is 6.23. The minimum absolute atomic E-state index is 0.405. The largest absolute Gasteiger partial charge is 0.369 e. The van der Waals surface area contributed by atoms with Crippen LogP contribution in [0.4, 0.5) is 5.69 Å². The molecular weight excluding hydrogens is 428 g/mol. The van der Waals surface area contributed by atoms with Crippen LogP contribution in [0.2, 0.25) is 0 Å². The summed E-state index contributed by atoms with van der Waals surface area (Å²) < 4.78 is 3.22. The third kappa shape index (κ3) is 3.52. The van der Waals surface area contributed by atoms with Gasteiger partial charge >= 0.3 is 0 Å². The van der Waals surface area contributed by atoms with Gasteiger partial charge in [-0.3, -0.25) is 0 Å². The molecule has 7 heteroatoms. The molecule has 0 bridgehead atoms. The molecule has 1 aliphatic heterocycles. The summed E-state index contributed by atoms with van der Waals surface area (Å²) in [5.41, 5.74) is 9.54. The molecule has 0 saturated carbocycles. The molecule has 5 heterocycles. The molecule has 5 aromatic rings. The zero-order valence-electron chi connectivity index (χ0n) is 19.2. The highest BCUT2D eigenvalue weighted by atomic mass is 32.1. The van der Waals surface area contributed by atoms with Gasteiger partial charge in [-0.2, -0.15) is 5.10 Å². The van der Waals surface area contributed by atoms with E-state index >= 15 is 0 Å². The van der Waals surface area contributed by atoms with Crippen molar-refractivity contribution in [2.24, 2.45) is 0 Å². The van der Waals surface area contributed by atoms with Gasteiger partial charge in [0, 0.05) is 48.5 Å². The van der Waals surface area contributed by atoms with Crippen LogP contribution in [0.25, 0.3) is 37.6 Å². The number of nitrogens with zero attached hydrogens (tertiary/aromatic N) is 4. The Kier molecular flexibility index (Phi) is 4.96. The van der Waals surface area contributed by atoms with E-state index in [9.17, 15) is 0 Å². The number of rotatable bonds is 4. The molecule has 0 amide bonds. The van der Waals surface area contributed by atoms with E-state index in [1.807, 2.05) is 15.9 Å². The first-order valence-corrected chi connectivity index (χ1v) is 12.4. The minimum atomic E-state index is 0.405. The summed E-state index contributed by atoms with van der Waals surface area (Å²) in [4.78, 5) is 11.9. The van der Waals surface area contributed by atoms with E-state index in [0.29, 0.717) is 5.92 Å². The number of fused-ring (bicyclic) bond motifs is 2. The van der Waals surface area contributed by atoms with Crippen molar-refractivity contribution in [2.45, 2.75) is 26.7 Å². The second kappa shape index (κ2) is 8.01. The first-order valence-electron chi connectivity index (χ1n) is 11.6. The second-order valence-electron chi connectivity index (χ2n) is 9.15. The Morgan fingerprint density at radius 2 is 1.82 bits per heavy atom. The predicted molar refractivity (Wildman–Crippen MR) is 138 cm³/mol. The number of thiophene rings is 1. The first kappa shape index (κ1) is 20.4. The average molecular weight is 457 g/mol. The topological polar surface area (TPSA) is 61.2 Å². The maximum atomic E-state index is 4.36. The first-order chi connectivity index (χ1) is 16.1. The van der Waals surface area contributed by atoms with Crippen molar-refractivity contribution in [1.82, 2.24) is 24.9 Å². The fraction of sp³-hybridized carbons (Fsp3) is 0.308. The number of hydrogen-bond acceptors (Lipinski definition) is 5. The van der Waals surface area contributed by atoms with Crippen molar-refractivity contribution >= 4 is 32.9 Å². The van der Waals surface area contributed by atoms with Gasteiger partial charge in [0.15, 0.2) is 5.65 Å². The van der Waals surface area contributed by atoms with Crippen LogP contribution in [-0.2, 0) is 0 Å². The molecule has 0 spiro atoms. The molecule has 0 radical (unpaired) electrons. The summed E-state index contributed by atoms with van der Waals surface area (Å²) in [7, 11) is 0. The Balaban J connectivity index is 1.39. The Morgan fingerprint density at radius 3 is 2.58 bits per heavy atom. The lowest BCUT2D eigenvalue weighted by Crippen LogP contribution is -2.43. The van der Waals surface area contributed by atoms with Gasteiger partial charge in [0.25, 0.3) is 0 Å². The lowest BCUT2D eigenvalue weighted by atomic mass is 9.99. The highest BCUT2D eigenvalue weighted by Gasteiger charge is 2.20. The molecule has 0 aliphatic carbocycles. The van der Waals surface area contributed by atoms with Gasteiger partial charge in [0.1, 0.15) is 6.33 Å². The summed E-state index contributed by atoms with van der Waals surface area (Å²) in [5.74, 6) is 0.405. The third-order valence-electron chi connectivity index (χ3n) is 6.56. The lowest BCUT2D eigenvalue weighted by Gasteiger charge is -2.29. The van der Waals surface area contributed by atoms with E-state index in [-0.39, 0.29) is 0 Å². The Labute approximate surface area is 197 Å². The Hall–Kier alpha value is -3.16. The molecule has 33 heavy (non-hydrogen) atoms. The van der Waals surface area contributed by atoms with Gasteiger partial charge in [0.2, 0.25) is 0 Å². The molecule has 0 unspecified atom stereocenters. The molecule has 6 rings (SSSR count). The molecule has 168 valence electrons. The summed E-state index contributed by atoms with van der Waals surface area (Å²) in [6, 6.07) is 13.6. The van der Waals surface area contributed by atoms with Crippen LogP contribution in [0.1, 0.15) is 30.9 Å². The summed E-state index contributed by atoms with van der Waals surface area (Å²) in [6.07, 6.45) is 3.69. The summed E-state index contributed by atoms with van der Waals surface area (Å²) in [5, 5.41) is 7.79. The van der Waals surface area contributed by atoms with E-state index in [1.54, 1.807) is 6.33 Å². The molecule has 0 atom stereocenters. The van der Waals surface area contributed by atoms with Crippen LogP contribution >= 0.6 is 11.3 Å². The minimum Gasteiger partial charge on any atom is -0.369 e. The summed E-state index contributed by atoms with van der Waals surface area (Å²) >= 11 is 1.88. The number of piperazine rings is 1. The molecule has 4 aromatic heterocycles. The van der Waals surface area contributed by atoms with Gasteiger partial charge in [-0.05, 0) is 53.8 Å². The quantitative estimate of drug-likeness (QED) is 0.378. The van der Waals surface area contributed by atoms with E-state index in [0.717, 1.165) is 43.0 Å². The monoisotopic (exact) mass is 456 g/mol. The van der Waals surface area contributed by atoms with E-state index in [1.165, 1.54) is 37.6 Å². The maximum absolute atomic E-state index is 4.36. The normalized spacial score (nSPS) is 14.7. The number of nitrogens with one attached hydrogen (secondary N) is 2. The third-order valence-corrected chi connectivity index (χ3v) is 7.78. The lowest BCUT2D eigenvalue weighted by molar-refractivity contribution is 0.589. The van der Waals surface area contributed by atoms with Crippen LogP contribution in [0.5, 0.6) is 0 Å². The molecule has 1 saturated heterocycles. The highest BCUT2D eigenvalue weighted by Crippen LogP contribution is 2.43. The molecule has 6 nitrogen and oxygen atoms in total. The summed E-state index contributed by atoms with van der Waals surface area (Å²) in [6.45, 7) is 10.9. The predicted octanol–water partition coefficient (Wildman–Crippen LogP) is 5.45. The number of hydrogen-bond donors (Lipinski definition) is 2. The SMILES string of the molecule is Cc1cc(-c2[nH]c3cc(-c4ccc(N5CCNCC5)cc4)sc3c2C(C)C)cn2ncnc12. The van der Waals surface area contributed by atoms with Crippen LogP contribution < -0.4 is 10.2 Å². The van der Waals surface area contributed by atoms with Crippen molar-refractivity contribution in [1.29, 1.82) is 0 Å². The van der Waals surface area contributed by atoms with Crippen molar-refractivity contribution in [3.63, 3.8) is 0 Å². The van der Waals surface area contributed by atoms with E-state index < -0.39 is 0 Å². The second-order valence-corrected chi connectivity index (χ2v) is 10.2. The van der Waals surface area contributed by atoms with E-state index in [4.69, 9.17) is 0 Å². The number of aromatic nitrogens is 4. The van der Waals surface area contributed by atoms with Crippen molar-refractivity contribution < 1.29 is 0 Å². The molecule has 1 fully saturated rings. The zero-order valence-corrected chi connectivity index (χ0v) is 20.0. The van der Waals surface area contributed by atoms with Gasteiger partial charge in [-0.15, -0.1) is 11.3 Å². The van der Waals surface area contributed by atoms with Crippen LogP contribution in [0, 0.1) is 6.92 Å². The number of anilines is 1. The van der Waals surface area contributed by atoms with Crippen molar-refractivity contribution in [3.05, 3.63) is 60.0 Å². The van der Waals surface area contributed by atoms with Crippen LogP contribution in [0.3, 0.4) is 0 Å². The molecule has 2 N–H and O–H groups in total. The average Bonchev–Trinajstić information content (AvgIpc) is 3.54. The Bertz CT molecular complexity index is 1430. The van der Waals surface area contributed by atoms with Gasteiger partial charge in [-0.1, -0.05) is 26.0 Å². The molecule has 1 aromatic carbocycles. The molecule has 1 aliphatic rings. The smallest absolute Gasteiger partial charge is 0.158 e. The molecular formula is C26H28N6S. The van der Waals surface area contributed by atoms with Crippen LogP contribution in [0.15, 0.2) is 48.9 Å². The number of pyridine rings is 1. The number of aryl methyl sites for hydroxylation is 1. The number of aromatic amines is 1. The highest BCUT2D eigenvalue weighted by molar-refractivity contribution is 7.22. The van der Waals surface area contributed by atoms with Crippen molar-refractivity contribution in [2.75, 3.05) is 31.1 Å². The number of H-pyrrole nitrogens is 1.